The smallest absolute Gasteiger partial charge is 0.408 e. The molecule has 1 aromatic rings. The molecule has 27 heavy (non-hydrogen) atoms. The third-order valence-corrected chi connectivity index (χ3v) is 4.26. The highest BCUT2D eigenvalue weighted by atomic mass is 16.6. The van der Waals surface area contributed by atoms with Gasteiger partial charge in [-0.15, -0.1) is 0 Å². The molecule has 1 saturated heterocycles. The van der Waals surface area contributed by atoms with Crippen LogP contribution in [0.1, 0.15) is 41.0 Å². The van der Waals surface area contributed by atoms with Crippen LogP contribution in [0.2, 0.25) is 0 Å². The van der Waals surface area contributed by atoms with Gasteiger partial charge in [0.25, 0.3) is 0 Å². The van der Waals surface area contributed by atoms with Gasteiger partial charge in [0.2, 0.25) is 5.91 Å². The van der Waals surface area contributed by atoms with E-state index in [0.717, 1.165) is 18.9 Å². The maximum Gasteiger partial charge on any atom is 0.408 e. The van der Waals surface area contributed by atoms with Crippen molar-refractivity contribution in [1.82, 2.24) is 15.2 Å². The minimum Gasteiger partial charge on any atom is -0.444 e. The van der Waals surface area contributed by atoms with Crippen LogP contribution in [0.5, 0.6) is 0 Å². The summed E-state index contributed by atoms with van der Waals surface area (Å²) in [5.41, 5.74) is -0.593. The standard InChI is InChI=1S/C20H32N4O3/c1-15(2)14-16(22-19(26)27-20(3,4)5)18(25)24-12-10-23(11-13-24)17-8-6-7-9-21-17/h6-9,15-16H,10-14H2,1-5H3,(H,22,26)/t16-/m0/s1. The molecule has 1 aliphatic heterocycles. The van der Waals surface area contributed by atoms with E-state index in [1.165, 1.54) is 0 Å². The summed E-state index contributed by atoms with van der Waals surface area (Å²) in [5.74, 6) is 1.16. The maximum absolute atomic E-state index is 13.0. The quantitative estimate of drug-likeness (QED) is 0.855. The van der Waals surface area contributed by atoms with E-state index in [9.17, 15) is 9.59 Å². The second kappa shape index (κ2) is 9.06. The fourth-order valence-corrected chi connectivity index (χ4v) is 3.06. The summed E-state index contributed by atoms with van der Waals surface area (Å²) >= 11 is 0. The van der Waals surface area contributed by atoms with Crippen molar-refractivity contribution >= 4 is 17.8 Å². The van der Waals surface area contributed by atoms with Gasteiger partial charge < -0.3 is 19.9 Å². The summed E-state index contributed by atoms with van der Waals surface area (Å²) in [4.78, 5) is 33.5. The highest BCUT2D eigenvalue weighted by molar-refractivity contribution is 5.86. The average molecular weight is 377 g/mol. The van der Waals surface area contributed by atoms with Gasteiger partial charge in [0.1, 0.15) is 17.5 Å². The van der Waals surface area contributed by atoms with E-state index in [1.54, 1.807) is 6.20 Å². The summed E-state index contributed by atoms with van der Waals surface area (Å²) < 4.78 is 5.32. The number of piperazine rings is 1. The predicted octanol–water partition coefficient (Wildman–Crippen LogP) is 2.67. The summed E-state index contributed by atoms with van der Waals surface area (Å²) in [6.45, 7) is 12.2. The number of rotatable bonds is 5. The first-order chi connectivity index (χ1) is 12.7. The number of carbonyl (C=O) groups excluding carboxylic acids is 2. The molecule has 2 rings (SSSR count). The van der Waals surface area contributed by atoms with Crippen molar-refractivity contribution in [2.24, 2.45) is 5.92 Å². The number of nitrogens with one attached hydrogen (secondary N) is 1. The summed E-state index contributed by atoms with van der Waals surface area (Å²) in [5, 5.41) is 2.77. The highest BCUT2D eigenvalue weighted by Gasteiger charge is 2.30. The molecule has 0 saturated carbocycles. The average Bonchev–Trinajstić information content (AvgIpc) is 2.59. The van der Waals surface area contributed by atoms with Crippen molar-refractivity contribution in [1.29, 1.82) is 0 Å². The Kier molecular flexibility index (Phi) is 7.05. The lowest BCUT2D eigenvalue weighted by Crippen LogP contribution is -2.55. The zero-order valence-corrected chi connectivity index (χ0v) is 17.1. The first-order valence-electron chi connectivity index (χ1n) is 9.60. The van der Waals surface area contributed by atoms with E-state index < -0.39 is 17.7 Å². The van der Waals surface area contributed by atoms with Crippen molar-refractivity contribution in [3.63, 3.8) is 0 Å². The Morgan fingerprint density at radius 2 is 1.85 bits per heavy atom. The van der Waals surface area contributed by atoms with Gasteiger partial charge in [0.05, 0.1) is 0 Å². The van der Waals surface area contributed by atoms with Crippen LogP contribution < -0.4 is 10.2 Å². The summed E-state index contributed by atoms with van der Waals surface area (Å²) in [6.07, 6.45) is 1.81. The number of pyridine rings is 1. The van der Waals surface area contributed by atoms with Crippen LogP contribution in [0.25, 0.3) is 0 Å². The van der Waals surface area contributed by atoms with Crippen molar-refractivity contribution in [2.45, 2.75) is 52.7 Å². The van der Waals surface area contributed by atoms with Crippen LogP contribution in [0.15, 0.2) is 24.4 Å². The van der Waals surface area contributed by atoms with Crippen molar-refractivity contribution in [3.05, 3.63) is 24.4 Å². The second-order valence-corrected chi connectivity index (χ2v) is 8.33. The van der Waals surface area contributed by atoms with Gasteiger partial charge in [-0.25, -0.2) is 9.78 Å². The van der Waals surface area contributed by atoms with Gasteiger partial charge in [-0.3, -0.25) is 4.79 Å². The number of anilines is 1. The van der Waals surface area contributed by atoms with Gasteiger partial charge in [-0.2, -0.15) is 0 Å². The molecule has 150 valence electrons. The number of amides is 2. The lowest BCUT2D eigenvalue weighted by molar-refractivity contribution is -0.134. The normalized spacial score (nSPS) is 16.2. The van der Waals surface area contributed by atoms with Gasteiger partial charge in [-0.1, -0.05) is 19.9 Å². The fraction of sp³-hybridized carbons (Fsp3) is 0.650. The molecule has 2 amide bonds. The Morgan fingerprint density at radius 1 is 1.19 bits per heavy atom. The number of nitrogens with zero attached hydrogens (tertiary/aromatic N) is 3. The third kappa shape index (κ3) is 6.73. The van der Waals surface area contributed by atoms with Crippen LogP contribution >= 0.6 is 0 Å². The first kappa shape index (κ1) is 21.0. The molecule has 0 bridgehead atoms. The van der Waals surface area contributed by atoms with Gasteiger partial charge in [-0.05, 0) is 45.2 Å². The molecule has 0 aliphatic carbocycles. The van der Waals surface area contributed by atoms with Crippen LogP contribution in [0.3, 0.4) is 0 Å². The van der Waals surface area contributed by atoms with Crippen molar-refractivity contribution in [2.75, 3.05) is 31.1 Å². The Bertz CT molecular complexity index is 620. The Labute approximate surface area is 162 Å². The lowest BCUT2D eigenvalue weighted by Gasteiger charge is -2.37. The molecule has 1 fully saturated rings. The molecule has 1 atom stereocenters. The largest absolute Gasteiger partial charge is 0.444 e. The molecular weight excluding hydrogens is 344 g/mol. The van der Waals surface area contributed by atoms with E-state index in [4.69, 9.17) is 4.74 Å². The monoisotopic (exact) mass is 376 g/mol. The molecule has 0 aromatic carbocycles. The molecule has 0 unspecified atom stereocenters. The second-order valence-electron chi connectivity index (χ2n) is 8.33. The summed E-state index contributed by atoms with van der Waals surface area (Å²) in [6, 6.07) is 5.26. The number of alkyl carbamates (subject to hydrolysis) is 1. The highest BCUT2D eigenvalue weighted by Crippen LogP contribution is 2.15. The van der Waals surface area contributed by atoms with Crippen LogP contribution in [-0.4, -0.2) is 59.7 Å². The molecule has 2 heterocycles. The number of ether oxygens (including phenoxy) is 1. The van der Waals surface area contributed by atoms with E-state index in [2.05, 4.69) is 15.2 Å². The number of hydrogen-bond donors (Lipinski definition) is 1. The number of carbonyl (C=O) groups is 2. The molecule has 0 spiro atoms. The summed E-state index contributed by atoms with van der Waals surface area (Å²) in [7, 11) is 0. The van der Waals surface area contributed by atoms with E-state index in [1.807, 2.05) is 57.7 Å². The minimum absolute atomic E-state index is 0.0461. The number of aromatic nitrogens is 1. The molecule has 1 aliphatic rings. The predicted molar refractivity (Wildman–Crippen MR) is 106 cm³/mol. The molecule has 0 radical (unpaired) electrons. The molecule has 1 aromatic heterocycles. The van der Waals surface area contributed by atoms with Crippen LogP contribution in [0.4, 0.5) is 10.6 Å². The first-order valence-corrected chi connectivity index (χ1v) is 9.60. The third-order valence-electron chi connectivity index (χ3n) is 4.26. The Balaban J connectivity index is 1.96. The molecule has 7 heteroatoms. The Hall–Kier alpha value is -2.31. The minimum atomic E-state index is -0.593. The molecule has 1 N–H and O–H groups in total. The SMILES string of the molecule is CC(C)C[C@H](NC(=O)OC(C)(C)C)C(=O)N1CCN(c2ccccn2)CC1. The van der Waals surface area contributed by atoms with Gasteiger partial charge in [0.15, 0.2) is 0 Å². The van der Waals surface area contributed by atoms with Crippen LogP contribution in [-0.2, 0) is 9.53 Å². The lowest BCUT2D eigenvalue weighted by atomic mass is 10.0. The van der Waals surface area contributed by atoms with Gasteiger partial charge >= 0.3 is 6.09 Å². The Morgan fingerprint density at radius 3 is 2.37 bits per heavy atom. The van der Waals surface area contributed by atoms with E-state index >= 15 is 0 Å². The zero-order chi connectivity index (χ0) is 20.0. The zero-order valence-electron chi connectivity index (χ0n) is 17.1. The topological polar surface area (TPSA) is 74.8 Å². The van der Waals surface area contributed by atoms with E-state index in [-0.39, 0.29) is 11.8 Å². The maximum atomic E-state index is 13.0. The van der Waals surface area contributed by atoms with Crippen LogP contribution in [0, 0.1) is 5.92 Å². The fourth-order valence-electron chi connectivity index (χ4n) is 3.06. The number of hydrogen-bond acceptors (Lipinski definition) is 5. The van der Waals surface area contributed by atoms with Crippen molar-refractivity contribution < 1.29 is 14.3 Å². The molecular formula is C20H32N4O3. The van der Waals surface area contributed by atoms with Gasteiger partial charge in [0, 0.05) is 32.4 Å². The van der Waals surface area contributed by atoms with E-state index in [0.29, 0.717) is 19.5 Å². The van der Waals surface area contributed by atoms with Crippen molar-refractivity contribution in [3.8, 4) is 0 Å². The molecule has 7 nitrogen and oxygen atoms in total.